The zero-order valence-corrected chi connectivity index (χ0v) is 12.2. The standard InChI is InChI=1S/C15H27N3/c1-5-6-7-11-18(13(2)3)15-10-8-9-14(17-15)12-16-4/h8-10,13,16H,5-7,11-12H2,1-4H3. The highest BCUT2D eigenvalue weighted by Gasteiger charge is 2.11. The molecule has 0 atom stereocenters. The van der Waals surface area contributed by atoms with E-state index in [-0.39, 0.29) is 0 Å². The van der Waals surface area contributed by atoms with E-state index in [4.69, 9.17) is 4.98 Å². The molecule has 1 aromatic rings. The molecule has 1 heterocycles. The summed E-state index contributed by atoms with van der Waals surface area (Å²) in [6, 6.07) is 6.79. The highest BCUT2D eigenvalue weighted by molar-refractivity contribution is 5.40. The summed E-state index contributed by atoms with van der Waals surface area (Å²) in [5, 5.41) is 3.15. The monoisotopic (exact) mass is 249 g/mol. The van der Waals surface area contributed by atoms with Crippen molar-refractivity contribution in [3.63, 3.8) is 0 Å². The minimum Gasteiger partial charge on any atom is -0.354 e. The first-order chi connectivity index (χ1) is 8.69. The van der Waals surface area contributed by atoms with Crippen LogP contribution in [0.15, 0.2) is 18.2 Å². The molecular formula is C15H27N3. The highest BCUT2D eigenvalue weighted by atomic mass is 15.2. The number of nitrogens with one attached hydrogen (secondary N) is 1. The first kappa shape index (κ1) is 15.0. The molecule has 3 nitrogen and oxygen atoms in total. The van der Waals surface area contributed by atoms with Crippen LogP contribution in [0, 0.1) is 0 Å². The Labute approximate surface area is 112 Å². The van der Waals surface area contributed by atoms with Crippen molar-refractivity contribution < 1.29 is 0 Å². The molecule has 1 N–H and O–H groups in total. The van der Waals surface area contributed by atoms with E-state index in [0.29, 0.717) is 6.04 Å². The van der Waals surface area contributed by atoms with Crippen LogP contribution in [0.1, 0.15) is 45.7 Å². The Morgan fingerprint density at radius 2 is 2.06 bits per heavy atom. The zero-order valence-electron chi connectivity index (χ0n) is 12.2. The lowest BCUT2D eigenvalue weighted by Gasteiger charge is -2.28. The Morgan fingerprint density at radius 3 is 2.67 bits per heavy atom. The van der Waals surface area contributed by atoms with Gasteiger partial charge in [0, 0.05) is 19.1 Å². The Balaban J connectivity index is 2.74. The van der Waals surface area contributed by atoms with Crippen LogP contribution in [-0.4, -0.2) is 24.6 Å². The van der Waals surface area contributed by atoms with Gasteiger partial charge >= 0.3 is 0 Å². The Hall–Kier alpha value is -1.09. The van der Waals surface area contributed by atoms with E-state index in [9.17, 15) is 0 Å². The maximum atomic E-state index is 4.73. The number of hydrogen-bond acceptors (Lipinski definition) is 3. The molecule has 0 aromatic carbocycles. The number of aromatic nitrogens is 1. The number of anilines is 1. The lowest BCUT2D eigenvalue weighted by molar-refractivity contribution is 0.618. The van der Waals surface area contributed by atoms with Gasteiger partial charge in [-0.3, -0.25) is 0 Å². The smallest absolute Gasteiger partial charge is 0.129 e. The number of unbranched alkanes of at least 4 members (excludes halogenated alkanes) is 2. The van der Waals surface area contributed by atoms with Crippen molar-refractivity contribution in [1.29, 1.82) is 0 Å². The lowest BCUT2D eigenvalue weighted by Crippen LogP contribution is -2.32. The Kier molecular flexibility index (Phi) is 6.73. The third-order valence-electron chi connectivity index (χ3n) is 3.07. The first-order valence-electron chi connectivity index (χ1n) is 7.06. The fourth-order valence-corrected chi connectivity index (χ4v) is 2.08. The molecule has 18 heavy (non-hydrogen) atoms. The number of pyridine rings is 1. The summed E-state index contributed by atoms with van der Waals surface area (Å²) in [5.74, 6) is 1.11. The van der Waals surface area contributed by atoms with Crippen LogP contribution in [0.3, 0.4) is 0 Å². The summed E-state index contributed by atoms with van der Waals surface area (Å²) in [4.78, 5) is 7.12. The van der Waals surface area contributed by atoms with Crippen LogP contribution >= 0.6 is 0 Å². The van der Waals surface area contributed by atoms with E-state index < -0.39 is 0 Å². The molecule has 1 rings (SSSR count). The fraction of sp³-hybridized carbons (Fsp3) is 0.667. The predicted octanol–water partition coefficient (Wildman–Crippen LogP) is 3.21. The van der Waals surface area contributed by atoms with Crippen LogP contribution in [0.5, 0.6) is 0 Å². The minimum atomic E-state index is 0.499. The van der Waals surface area contributed by atoms with Crippen molar-refractivity contribution in [2.45, 2.75) is 52.6 Å². The average molecular weight is 249 g/mol. The van der Waals surface area contributed by atoms with Gasteiger partial charge in [-0.15, -0.1) is 0 Å². The van der Waals surface area contributed by atoms with Crippen LogP contribution in [-0.2, 0) is 6.54 Å². The molecule has 0 amide bonds. The molecule has 0 aliphatic rings. The molecule has 3 heteroatoms. The van der Waals surface area contributed by atoms with Gasteiger partial charge in [0.25, 0.3) is 0 Å². The fourth-order valence-electron chi connectivity index (χ4n) is 2.08. The average Bonchev–Trinajstić information content (AvgIpc) is 2.35. The summed E-state index contributed by atoms with van der Waals surface area (Å²) in [7, 11) is 1.95. The van der Waals surface area contributed by atoms with Gasteiger partial charge in [0.2, 0.25) is 0 Å². The Bertz CT molecular complexity index is 336. The van der Waals surface area contributed by atoms with E-state index in [1.165, 1.54) is 19.3 Å². The van der Waals surface area contributed by atoms with E-state index in [2.05, 4.69) is 49.2 Å². The van der Waals surface area contributed by atoms with Crippen molar-refractivity contribution in [2.75, 3.05) is 18.5 Å². The summed E-state index contributed by atoms with van der Waals surface area (Å²) < 4.78 is 0. The topological polar surface area (TPSA) is 28.2 Å². The molecule has 102 valence electrons. The zero-order chi connectivity index (χ0) is 13.4. The highest BCUT2D eigenvalue weighted by Crippen LogP contribution is 2.16. The summed E-state index contributed by atoms with van der Waals surface area (Å²) in [5.41, 5.74) is 1.11. The van der Waals surface area contributed by atoms with Crippen LogP contribution in [0.2, 0.25) is 0 Å². The molecular weight excluding hydrogens is 222 g/mol. The van der Waals surface area contributed by atoms with Gasteiger partial charge in [0.1, 0.15) is 5.82 Å². The number of nitrogens with zero attached hydrogens (tertiary/aromatic N) is 2. The van der Waals surface area contributed by atoms with E-state index >= 15 is 0 Å². The summed E-state index contributed by atoms with van der Waals surface area (Å²) >= 11 is 0. The van der Waals surface area contributed by atoms with Crippen LogP contribution in [0.4, 0.5) is 5.82 Å². The first-order valence-corrected chi connectivity index (χ1v) is 7.06. The normalized spacial score (nSPS) is 10.9. The van der Waals surface area contributed by atoms with Gasteiger partial charge in [-0.2, -0.15) is 0 Å². The number of hydrogen-bond donors (Lipinski definition) is 1. The summed E-state index contributed by atoms with van der Waals surface area (Å²) in [6.45, 7) is 8.64. The lowest BCUT2D eigenvalue weighted by atomic mass is 10.2. The Morgan fingerprint density at radius 1 is 1.28 bits per heavy atom. The second-order valence-electron chi connectivity index (χ2n) is 5.01. The van der Waals surface area contributed by atoms with Gasteiger partial charge in [0.05, 0.1) is 5.69 Å². The van der Waals surface area contributed by atoms with Crippen LogP contribution in [0.25, 0.3) is 0 Å². The molecule has 0 fully saturated rings. The van der Waals surface area contributed by atoms with Crippen molar-refractivity contribution in [2.24, 2.45) is 0 Å². The van der Waals surface area contributed by atoms with Gasteiger partial charge < -0.3 is 10.2 Å². The maximum absolute atomic E-state index is 4.73. The molecule has 0 spiro atoms. The van der Waals surface area contributed by atoms with Gasteiger partial charge in [0.15, 0.2) is 0 Å². The van der Waals surface area contributed by atoms with Crippen molar-refractivity contribution >= 4 is 5.82 Å². The second kappa shape index (κ2) is 8.09. The molecule has 0 radical (unpaired) electrons. The van der Waals surface area contributed by atoms with Crippen molar-refractivity contribution in [3.05, 3.63) is 23.9 Å². The molecule has 0 aliphatic carbocycles. The molecule has 0 bridgehead atoms. The number of rotatable bonds is 8. The van der Waals surface area contributed by atoms with Gasteiger partial charge in [-0.25, -0.2) is 4.98 Å². The SMILES string of the molecule is CCCCCN(c1cccc(CNC)n1)C(C)C. The summed E-state index contributed by atoms with van der Waals surface area (Å²) in [6.07, 6.45) is 3.80. The predicted molar refractivity (Wildman–Crippen MR) is 79.0 cm³/mol. The van der Waals surface area contributed by atoms with E-state index in [0.717, 1.165) is 24.6 Å². The maximum Gasteiger partial charge on any atom is 0.129 e. The van der Waals surface area contributed by atoms with Gasteiger partial charge in [-0.05, 0) is 39.4 Å². The largest absolute Gasteiger partial charge is 0.354 e. The third kappa shape index (κ3) is 4.65. The molecule has 0 aliphatic heterocycles. The van der Waals surface area contributed by atoms with Crippen molar-refractivity contribution in [3.8, 4) is 0 Å². The van der Waals surface area contributed by atoms with Crippen LogP contribution < -0.4 is 10.2 Å². The molecule has 0 unspecified atom stereocenters. The van der Waals surface area contributed by atoms with Crippen molar-refractivity contribution in [1.82, 2.24) is 10.3 Å². The van der Waals surface area contributed by atoms with E-state index in [1.807, 2.05) is 7.05 Å². The van der Waals surface area contributed by atoms with E-state index in [1.54, 1.807) is 0 Å². The molecule has 1 aromatic heterocycles. The minimum absolute atomic E-state index is 0.499. The second-order valence-corrected chi connectivity index (χ2v) is 5.01. The quantitative estimate of drug-likeness (QED) is 0.717. The van der Waals surface area contributed by atoms with Gasteiger partial charge in [-0.1, -0.05) is 25.8 Å². The molecule has 0 saturated heterocycles. The third-order valence-corrected chi connectivity index (χ3v) is 3.07. The molecule has 0 saturated carbocycles.